The Hall–Kier alpha value is -2.40. The molecular weight excluding hydrogens is 292 g/mol. The molecule has 1 aromatic carbocycles. The minimum atomic E-state index is -0.898. The van der Waals surface area contributed by atoms with Crippen LogP contribution in [0.5, 0.6) is 5.75 Å². The molecule has 1 aliphatic heterocycles. The first-order chi connectivity index (χ1) is 11.1. The Morgan fingerprint density at radius 2 is 1.91 bits per heavy atom. The largest absolute Gasteiger partial charge is 0.497 e. The Bertz CT molecular complexity index is 662. The minimum Gasteiger partial charge on any atom is -0.497 e. The number of piperidine rings is 1. The average molecular weight is 312 g/mol. The topological polar surface area (TPSA) is 62.7 Å². The van der Waals surface area contributed by atoms with Gasteiger partial charge in [-0.1, -0.05) is 6.07 Å². The van der Waals surface area contributed by atoms with Crippen molar-refractivity contribution in [2.75, 3.05) is 20.2 Å². The molecule has 0 bridgehead atoms. The lowest BCUT2D eigenvalue weighted by atomic mass is 9.85. The zero-order chi connectivity index (χ0) is 16.3. The van der Waals surface area contributed by atoms with E-state index in [4.69, 9.17) is 4.74 Å². The van der Waals surface area contributed by atoms with E-state index in [0.29, 0.717) is 31.5 Å². The number of benzene rings is 1. The number of aliphatic hydroxyl groups is 1. The lowest BCUT2D eigenvalue weighted by molar-refractivity contribution is -0.0213. The summed E-state index contributed by atoms with van der Waals surface area (Å²) in [5, 5.41) is 10.8. The Labute approximate surface area is 135 Å². The molecule has 2 aromatic rings. The van der Waals surface area contributed by atoms with Crippen molar-refractivity contribution in [1.82, 2.24) is 9.88 Å². The van der Waals surface area contributed by atoms with Crippen LogP contribution in [0.25, 0.3) is 0 Å². The number of nitrogens with zero attached hydrogens (tertiary/aromatic N) is 2. The first-order valence-corrected chi connectivity index (χ1v) is 7.69. The van der Waals surface area contributed by atoms with Crippen LogP contribution in [0.2, 0.25) is 0 Å². The number of hydrogen-bond donors (Lipinski definition) is 1. The average Bonchev–Trinajstić information content (AvgIpc) is 2.63. The normalized spacial score (nSPS) is 16.9. The van der Waals surface area contributed by atoms with Gasteiger partial charge >= 0.3 is 0 Å². The number of hydrogen-bond acceptors (Lipinski definition) is 4. The number of ether oxygens (including phenoxy) is 1. The lowest BCUT2D eigenvalue weighted by Gasteiger charge is -2.38. The van der Waals surface area contributed by atoms with E-state index < -0.39 is 5.60 Å². The SMILES string of the molecule is COc1ccc(C(=O)N2CCC(O)(c3cccnc3)CC2)cc1. The molecule has 0 atom stereocenters. The van der Waals surface area contributed by atoms with Gasteiger partial charge in [0.25, 0.3) is 5.91 Å². The maximum absolute atomic E-state index is 12.5. The molecule has 0 radical (unpaired) electrons. The highest BCUT2D eigenvalue weighted by molar-refractivity contribution is 5.94. The molecule has 120 valence electrons. The van der Waals surface area contributed by atoms with Crippen molar-refractivity contribution in [2.24, 2.45) is 0 Å². The fourth-order valence-electron chi connectivity index (χ4n) is 2.92. The second-order valence-corrected chi connectivity index (χ2v) is 5.79. The van der Waals surface area contributed by atoms with Gasteiger partial charge in [0.05, 0.1) is 12.7 Å². The highest BCUT2D eigenvalue weighted by Gasteiger charge is 2.35. The lowest BCUT2D eigenvalue weighted by Crippen LogP contribution is -2.45. The van der Waals surface area contributed by atoms with Crippen LogP contribution in [0.3, 0.4) is 0 Å². The molecule has 0 saturated carbocycles. The summed E-state index contributed by atoms with van der Waals surface area (Å²) in [6, 6.07) is 10.8. The van der Waals surface area contributed by atoms with E-state index in [1.807, 2.05) is 12.1 Å². The van der Waals surface area contributed by atoms with Crippen molar-refractivity contribution in [2.45, 2.75) is 18.4 Å². The van der Waals surface area contributed by atoms with Gasteiger partial charge in [-0.05, 0) is 43.2 Å². The van der Waals surface area contributed by atoms with E-state index >= 15 is 0 Å². The van der Waals surface area contributed by atoms with Gasteiger partial charge in [-0.15, -0.1) is 0 Å². The third-order valence-electron chi connectivity index (χ3n) is 4.41. The number of carbonyl (C=O) groups excluding carboxylic acids is 1. The third-order valence-corrected chi connectivity index (χ3v) is 4.41. The van der Waals surface area contributed by atoms with E-state index in [9.17, 15) is 9.90 Å². The van der Waals surface area contributed by atoms with Crippen LogP contribution < -0.4 is 4.74 Å². The van der Waals surface area contributed by atoms with E-state index in [1.54, 1.807) is 48.7 Å². The van der Waals surface area contributed by atoms with Crippen LogP contribution in [0.15, 0.2) is 48.8 Å². The predicted molar refractivity (Wildman–Crippen MR) is 86.3 cm³/mol. The van der Waals surface area contributed by atoms with Crippen LogP contribution in [0.4, 0.5) is 0 Å². The van der Waals surface area contributed by atoms with Gasteiger partial charge in [-0.25, -0.2) is 0 Å². The molecule has 1 saturated heterocycles. The van der Waals surface area contributed by atoms with Gasteiger partial charge in [-0.3, -0.25) is 9.78 Å². The quantitative estimate of drug-likeness (QED) is 0.944. The molecule has 1 aromatic heterocycles. The van der Waals surface area contributed by atoms with Gasteiger partial charge in [-0.2, -0.15) is 0 Å². The molecule has 0 unspecified atom stereocenters. The molecule has 23 heavy (non-hydrogen) atoms. The Kier molecular flexibility index (Phi) is 4.30. The number of rotatable bonds is 3. The number of carbonyl (C=O) groups is 1. The standard InChI is InChI=1S/C18H20N2O3/c1-23-16-6-4-14(5-7-16)17(21)20-11-8-18(22,9-12-20)15-3-2-10-19-13-15/h2-7,10,13,22H,8-9,11-12H2,1H3. The second-order valence-electron chi connectivity index (χ2n) is 5.79. The summed E-state index contributed by atoms with van der Waals surface area (Å²) >= 11 is 0. The number of aromatic nitrogens is 1. The Balaban J connectivity index is 1.67. The fourth-order valence-corrected chi connectivity index (χ4v) is 2.92. The number of methoxy groups -OCH3 is 1. The van der Waals surface area contributed by atoms with Gasteiger partial charge in [0, 0.05) is 36.6 Å². The number of likely N-dealkylation sites (tertiary alicyclic amines) is 1. The predicted octanol–water partition coefficient (Wildman–Crippen LogP) is 2.21. The summed E-state index contributed by atoms with van der Waals surface area (Å²) in [4.78, 5) is 18.4. The molecule has 2 heterocycles. The van der Waals surface area contributed by atoms with Crippen LogP contribution in [-0.2, 0) is 5.60 Å². The van der Waals surface area contributed by atoms with Crippen molar-refractivity contribution in [3.63, 3.8) is 0 Å². The zero-order valence-electron chi connectivity index (χ0n) is 13.1. The maximum Gasteiger partial charge on any atom is 0.253 e. The van der Waals surface area contributed by atoms with Crippen LogP contribution in [0.1, 0.15) is 28.8 Å². The number of amides is 1. The van der Waals surface area contributed by atoms with Gasteiger partial charge in [0.15, 0.2) is 0 Å². The van der Waals surface area contributed by atoms with E-state index in [0.717, 1.165) is 11.3 Å². The molecule has 1 amide bonds. The zero-order valence-corrected chi connectivity index (χ0v) is 13.1. The molecule has 0 spiro atoms. The summed E-state index contributed by atoms with van der Waals surface area (Å²) in [7, 11) is 1.60. The molecule has 1 N–H and O–H groups in total. The van der Waals surface area contributed by atoms with Crippen LogP contribution in [0, 0.1) is 0 Å². The summed E-state index contributed by atoms with van der Waals surface area (Å²) in [6.45, 7) is 1.05. The molecule has 3 rings (SSSR count). The molecule has 1 aliphatic rings. The summed E-state index contributed by atoms with van der Waals surface area (Å²) in [6.07, 6.45) is 4.41. The van der Waals surface area contributed by atoms with Crippen molar-refractivity contribution in [1.29, 1.82) is 0 Å². The van der Waals surface area contributed by atoms with Crippen LogP contribution >= 0.6 is 0 Å². The second kappa shape index (κ2) is 6.38. The fraction of sp³-hybridized carbons (Fsp3) is 0.333. The molecule has 0 aliphatic carbocycles. The van der Waals surface area contributed by atoms with Crippen molar-refractivity contribution in [3.8, 4) is 5.75 Å². The molecular formula is C18H20N2O3. The van der Waals surface area contributed by atoms with E-state index in [2.05, 4.69) is 4.98 Å². The highest BCUT2D eigenvalue weighted by atomic mass is 16.5. The number of pyridine rings is 1. The smallest absolute Gasteiger partial charge is 0.253 e. The molecule has 5 heteroatoms. The van der Waals surface area contributed by atoms with Gasteiger partial charge in [0.2, 0.25) is 0 Å². The van der Waals surface area contributed by atoms with Crippen molar-refractivity contribution in [3.05, 3.63) is 59.9 Å². The van der Waals surface area contributed by atoms with Gasteiger partial charge in [0.1, 0.15) is 5.75 Å². The van der Waals surface area contributed by atoms with Crippen molar-refractivity contribution >= 4 is 5.91 Å². The molecule has 5 nitrogen and oxygen atoms in total. The maximum atomic E-state index is 12.5. The third kappa shape index (κ3) is 3.19. The first-order valence-electron chi connectivity index (χ1n) is 7.69. The summed E-state index contributed by atoms with van der Waals surface area (Å²) < 4.78 is 5.11. The summed E-state index contributed by atoms with van der Waals surface area (Å²) in [5.41, 5.74) is 0.555. The van der Waals surface area contributed by atoms with Crippen molar-refractivity contribution < 1.29 is 14.6 Å². The van der Waals surface area contributed by atoms with E-state index in [-0.39, 0.29) is 5.91 Å². The highest BCUT2D eigenvalue weighted by Crippen LogP contribution is 2.32. The summed E-state index contributed by atoms with van der Waals surface area (Å²) in [5.74, 6) is 0.715. The van der Waals surface area contributed by atoms with Gasteiger partial charge < -0.3 is 14.7 Å². The Morgan fingerprint density at radius 1 is 1.22 bits per heavy atom. The van der Waals surface area contributed by atoms with E-state index in [1.165, 1.54) is 0 Å². The van der Waals surface area contributed by atoms with Crippen LogP contribution in [-0.4, -0.2) is 41.1 Å². The first kappa shape index (κ1) is 15.5. The minimum absolute atomic E-state index is 0.0131. The Morgan fingerprint density at radius 3 is 2.48 bits per heavy atom. The monoisotopic (exact) mass is 312 g/mol. The molecule has 1 fully saturated rings.